The lowest BCUT2D eigenvalue weighted by atomic mass is 10.1. The number of benzene rings is 2. The first-order chi connectivity index (χ1) is 11.1. The highest BCUT2D eigenvalue weighted by Crippen LogP contribution is 2.14. The Balaban J connectivity index is 1.83. The number of urea groups is 1. The second-order valence-corrected chi connectivity index (χ2v) is 5.49. The van der Waals surface area contributed by atoms with Gasteiger partial charge in [-0.3, -0.25) is 0 Å². The highest BCUT2D eigenvalue weighted by atomic mass is 16.5. The Kier molecular flexibility index (Phi) is 6.03. The fourth-order valence-electron chi connectivity index (χ4n) is 2.30. The number of aryl methyl sites for hydroxylation is 1. The van der Waals surface area contributed by atoms with Crippen molar-refractivity contribution in [3.05, 3.63) is 65.2 Å². The molecule has 2 N–H and O–H groups in total. The lowest BCUT2D eigenvalue weighted by molar-refractivity contribution is 0.237. The molecule has 2 aromatic carbocycles. The van der Waals surface area contributed by atoms with Crippen LogP contribution in [0.3, 0.4) is 0 Å². The first-order valence-corrected chi connectivity index (χ1v) is 7.88. The molecule has 4 heteroatoms. The number of carbonyl (C=O) groups is 1. The minimum absolute atomic E-state index is 0.0308. The SMILES string of the molecule is CCc1ccc(C(C)NC(=O)NCc2ccc(OC)cc2)cc1. The average molecular weight is 312 g/mol. The largest absolute Gasteiger partial charge is 0.497 e. The first kappa shape index (κ1) is 16.9. The van der Waals surface area contributed by atoms with E-state index in [9.17, 15) is 4.79 Å². The van der Waals surface area contributed by atoms with E-state index in [-0.39, 0.29) is 12.1 Å². The molecule has 1 unspecified atom stereocenters. The fourth-order valence-corrected chi connectivity index (χ4v) is 2.30. The van der Waals surface area contributed by atoms with Crippen LogP contribution in [0.2, 0.25) is 0 Å². The lowest BCUT2D eigenvalue weighted by Gasteiger charge is -2.15. The second kappa shape index (κ2) is 8.22. The maximum Gasteiger partial charge on any atom is 0.315 e. The molecule has 0 saturated heterocycles. The quantitative estimate of drug-likeness (QED) is 0.852. The lowest BCUT2D eigenvalue weighted by Crippen LogP contribution is -2.36. The van der Waals surface area contributed by atoms with Crippen molar-refractivity contribution < 1.29 is 9.53 Å². The van der Waals surface area contributed by atoms with E-state index in [1.54, 1.807) is 7.11 Å². The minimum atomic E-state index is -0.173. The molecule has 0 saturated carbocycles. The van der Waals surface area contributed by atoms with Gasteiger partial charge in [0, 0.05) is 6.54 Å². The molecule has 0 radical (unpaired) electrons. The van der Waals surface area contributed by atoms with E-state index in [0.29, 0.717) is 6.54 Å². The predicted octanol–water partition coefficient (Wildman–Crippen LogP) is 3.82. The summed E-state index contributed by atoms with van der Waals surface area (Å²) in [4.78, 5) is 12.0. The van der Waals surface area contributed by atoms with Gasteiger partial charge in [-0.05, 0) is 42.2 Å². The summed E-state index contributed by atoms with van der Waals surface area (Å²) in [7, 11) is 1.63. The van der Waals surface area contributed by atoms with Crippen molar-refractivity contribution in [2.24, 2.45) is 0 Å². The summed E-state index contributed by atoms with van der Waals surface area (Å²) >= 11 is 0. The summed E-state index contributed by atoms with van der Waals surface area (Å²) in [6, 6.07) is 15.8. The van der Waals surface area contributed by atoms with Crippen LogP contribution in [0.25, 0.3) is 0 Å². The van der Waals surface area contributed by atoms with Crippen molar-refractivity contribution in [3.8, 4) is 5.75 Å². The van der Waals surface area contributed by atoms with Crippen LogP contribution < -0.4 is 15.4 Å². The van der Waals surface area contributed by atoms with Crippen LogP contribution in [-0.2, 0) is 13.0 Å². The van der Waals surface area contributed by atoms with E-state index in [0.717, 1.165) is 23.3 Å². The molecule has 0 bridgehead atoms. The Bertz CT molecular complexity index is 621. The van der Waals surface area contributed by atoms with Crippen molar-refractivity contribution >= 4 is 6.03 Å². The van der Waals surface area contributed by atoms with E-state index in [1.807, 2.05) is 31.2 Å². The maximum absolute atomic E-state index is 12.0. The summed E-state index contributed by atoms with van der Waals surface area (Å²) in [5, 5.41) is 5.82. The molecule has 23 heavy (non-hydrogen) atoms. The van der Waals surface area contributed by atoms with E-state index >= 15 is 0 Å². The smallest absolute Gasteiger partial charge is 0.315 e. The van der Waals surface area contributed by atoms with Crippen molar-refractivity contribution in [3.63, 3.8) is 0 Å². The third-order valence-corrected chi connectivity index (χ3v) is 3.85. The monoisotopic (exact) mass is 312 g/mol. The number of hydrogen-bond donors (Lipinski definition) is 2. The fraction of sp³-hybridized carbons (Fsp3) is 0.316. The molecule has 1 atom stereocenters. The topological polar surface area (TPSA) is 50.4 Å². The van der Waals surface area contributed by atoms with Crippen LogP contribution in [-0.4, -0.2) is 13.1 Å². The van der Waals surface area contributed by atoms with Crippen molar-refractivity contribution in [1.29, 1.82) is 0 Å². The van der Waals surface area contributed by atoms with E-state index in [2.05, 4.69) is 41.8 Å². The van der Waals surface area contributed by atoms with Gasteiger partial charge in [0.25, 0.3) is 0 Å². The summed E-state index contributed by atoms with van der Waals surface area (Å²) in [6.07, 6.45) is 1.02. The molecule has 0 heterocycles. The van der Waals surface area contributed by atoms with Crippen molar-refractivity contribution in [2.75, 3.05) is 7.11 Å². The zero-order chi connectivity index (χ0) is 16.7. The highest BCUT2D eigenvalue weighted by molar-refractivity contribution is 5.74. The van der Waals surface area contributed by atoms with Crippen molar-refractivity contribution in [1.82, 2.24) is 10.6 Å². The van der Waals surface area contributed by atoms with Gasteiger partial charge in [0.1, 0.15) is 5.75 Å². The van der Waals surface area contributed by atoms with Crippen molar-refractivity contribution in [2.45, 2.75) is 32.9 Å². The van der Waals surface area contributed by atoms with Gasteiger partial charge in [0.05, 0.1) is 13.2 Å². The molecule has 0 aromatic heterocycles. The zero-order valence-corrected chi connectivity index (χ0v) is 13.9. The molecule has 0 aliphatic rings. The average Bonchev–Trinajstić information content (AvgIpc) is 2.60. The normalized spacial score (nSPS) is 11.6. The Morgan fingerprint density at radius 3 is 2.22 bits per heavy atom. The molecule has 4 nitrogen and oxygen atoms in total. The van der Waals surface area contributed by atoms with Gasteiger partial charge < -0.3 is 15.4 Å². The summed E-state index contributed by atoms with van der Waals surface area (Å²) in [5.74, 6) is 0.808. The third kappa shape index (κ3) is 5.02. The van der Waals surface area contributed by atoms with Crippen LogP contribution in [0, 0.1) is 0 Å². The Morgan fingerprint density at radius 2 is 1.65 bits per heavy atom. The van der Waals surface area contributed by atoms with Gasteiger partial charge in [-0.25, -0.2) is 4.79 Å². The number of ether oxygens (including phenoxy) is 1. The van der Waals surface area contributed by atoms with Crippen LogP contribution >= 0.6 is 0 Å². The second-order valence-electron chi connectivity index (χ2n) is 5.49. The molecule has 0 fully saturated rings. The molecular formula is C19H24N2O2. The molecule has 2 amide bonds. The van der Waals surface area contributed by atoms with Crippen LogP contribution in [0.5, 0.6) is 5.75 Å². The summed E-state index contributed by atoms with van der Waals surface area (Å²) < 4.78 is 5.11. The standard InChI is InChI=1S/C19H24N2O2/c1-4-15-5-9-17(10-6-15)14(2)21-19(22)20-13-16-7-11-18(23-3)12-8-16/h5-12,14H,4,13H2,1-3H3,(H2,20,21,22). The molecule has 2 aromatic rings. The van der Waals surface area contributed by atoms with Crippen LogP contribution in [0.4, 0.5) is 4.79 Å². The van der Waals surface area contributed by atoms with Gasteiger partial charge in [0.15, 0.2) is 0 Å². The van der Waals surface area contributed by atoms with E-state index in [1.165, 1.54) is 5.56 Å². The molecule has 2 rings (SSSR count). The number of rotatable bonds is 6. The molecule has 122 valence electrons. The Hall–Kier alpha value is -2.49. The Morgan fingerprint density at radius 1 is 1.04 bits per heavy atom. The van der Waals surface area contributed by atoms with Gasteiger partial charge in [-0.15, -0.1) is 0 Å². The van der Waals surface area contributed by atoms with Gasteiger partial charge in [0.2, 0.25) is 0 Å². The molecule has 0 aliphatic heterocycles. The zero-order valence-electron chi connectivity index (χ0n) is 13.9. The number of nitrogens with one attached hydrogen (secondary N) is 2. The number of carbonyl (C=O) groups excluding carboxylic acids is 1. The van der Waals surface area contributed by atoms with E-state index in [4.69, 9.17) is 4.74 Å². The van der Waals surface area contributed by atoms with Gasteiger partial charge in [-0.1, -0.05) is 43.3 Å². The summed E-state index contributed by atoms with van der Waals surface area (Å²) in [6.45, 7) is 4.59. The predicted molar refractivity (Wildman–Crippen MR) is 92.6 cm³/mol. The van der Waals surface area contributed by atoms with Gasteiger partial charge in [-0.2, -0.15) is 0 Å². The maximum atomic E-state index is 12.0. The molecule has 0 spiro atoms. The number of amides is 2. The third-order valence-electron chi connectivity index (χ3n) is 3.85. The minimum Gasteiger partial charge on any atom is -0.497 e. The Labute approximate surface area is 137 Å². The van der Waals surface area contributed by atoms with Crippen LogP contribution in [0.1, 0.15) is 36.6 Å². The van der Waals surface area contributed by atoms with Gasteiger partial charge >= 0.3 is 6.03 Å². The molecular weight excluding hydrogens is 288 g/mol. The molecule has 0 aliphatic carbocycles. The number of hydrogen-bond acceptors (Lipinski definition) is 2. The summed E-state index contributed by atoms with van der Waals surface area (Å²) in [5.41, 5.74) is 3.42. The van der Waals surface area contributed by atoms with Crippen LogP contribution in [0.15, 0.2) is 48.5 Å². The van der Waals surface area contributed by atoms with E-state index < -0.39 is 0 Å². The highest BCUT2D eigenvalue weighted by Gasteiger charge is 2.09. The first-order valence-electron chi connectivity index (χ1n) is 7.88. The number of methoxy groups -OCH3 is 1.